The lowest BCUT2D eigenvalue weighted by Crippen LogP contribution is -2.57. The molecule has 0 bridgehead atoms. The van der Waals surface area contributed by atoms with Gasteiger partial charge in [-0.2, -0.15) is 5.06 Å². The van der Waals surface area contributed by atoms with Crippen LogP contribution >= 0.6 is 0 Å². The van der Waals surface area contributed by atoms with Crippen LogP contribution in [0, 0.1) is 0 Å². The number of carbonyl (C=O) groups is 2. The molecule has 0 spiro atoms. The highest BCUT2D eigenvalue weighted by molar-refractivity contribution is 5.97. The van der Waals surface area contributed by atoms with Gasteiger partial charge in [-0.3, -0.25) is 10.1 Å². The van der Waals surface area contributed by atoms with Crippen molar-refractivity contribution in [1.29, 1.82) is 0 Å². The van der Waals surface area contributed by atoms with E-state index in [0.717, 1.165) is 0 Å². The number of nitrogens with zero attached hydrogens (tertiary/aromatic N) is 3. The quantitative estimate of drug-likeness (QED) is 0.653. The van der Waals surface area contributed by atoms with Crippen molar-refractivity contribution >= 4 is 23.4 Å². The molecule has 7 nitrogen and oxygen atoms in total. The largest absolute Gasteiger partial charge is 0.347 e. The minimum absolute atomic E-state index is 0.294. The zero-order valence-electron chi connectivity index (χ0n) is 15.0. The normalized spacial score (nSPS) is 18.8. The van der Waals surface area contributed by atoms with Gasteiger partial charge >= 0.3 is 12.1 Å². The Labute approximate surface area is 152 Å². The third-order valence-electron chi connectivity index (χ3n) is 4.73. The maximum absolute atomic E-state index is 12.8. The highest BCUT2D eigenvalue weighted by Gasteiger charge is 2.54. The van der Waals surface area contributed by atoms with Gasteiger partial charge in [-0.05, 0) is 38.1 Å². The second-order valence-electron chi connectivity index (χ2n) is 6.72. The van der Waals surface area contributed by atoms with E-state index in [1.807, 2.05) is 12.1 Å². The van der Waals surface area contributed by atoms with Crippen molar-refractivity contribution in [2.24, 2.45) is 0 Å². The number of rotatable bonds is 3. The summed E-state index contributed by atoms with van der Waals surface area (Å²) in [6.07, 6.45) is -0.897. The molecule has 3 rings (SSSR count). The molecule has 26 heavy (non-hydrogen) atoms. The molecule has 1 saturated heterocycles. The first-order valence-corrected chi connectivity index (χ1v) is 8.30. The molecular formula is C19H22N4O3. The van der Waals surface area contributed by atoms with E-state index in [0.29, 0.717) is 16.4 Å². The molecule has 7 heteroatoms. The number of hydrogen-bond acceptors (Lipinski definition) is 3. The van der Waals surface area contributed by atoms with Gasteiger partial charge in [0.05, 0.1) is 5.54 Å². The van der Waals surface area contributed by atoms with Crippen LogP contribution in [0.4, 0.5) is 21.0 Å². The third-order valence-corrected chi connectivity index (χ3v) is 4.73. The lowest BCUT2D eigenvalue weighted by atomic mass is 10.0. The molecule has 1 aliphatic rings. The molecule has 1 fully saturated rings. The topological polar surface area (TPSA) is 76.1 Å². The fraction of sp³-hybridized carbons (Fsp3) is 0.263. The molecule has 0 saturated carbocycles. The average molecular weight is 354 g/mol. The molecule has 0 aromatic heterocycles. The summed E-state index contributed by atoms with van der Waals surface area (Å²) in [6.45, 7) is 3.61. The number of hydrogen-bond donors (Lipinski definition) is 2. The Hall–Kier alpha value is -3.06. The zero-order valence-corrected chi connectivity index (χ0v) is 15.0. The molecule has 1 heterocycles. The van der Waals surface area contributed by atoms with Crippen molar-refractivity contribution in [2.45, 2.75) is 25.6 Å². The molecular weight excluding hydrogens is 332 g/mol. The van der Waals surface area contributed by atoms with Crippen LogP contribution in [0.25, 0.3) is 0 Å². The summed E-state index contributed by atoms with van der Waals surface area (Å²) in [4.78, 5) is 28.3. The van der Waals surface area contributed by atoms with Crippen LogP contribution in [0.15, 0.2) is 60.7 Å². The number of benzene rings is 2. The van der Waals surface area contributed by atoms with E-state index in [1.165, 1.54) is 9.80 Å². The molecule has 2 aromatic carbocycles. The molecule has 2 aromatic rings. The standard InChI is InChI=1S/C19H22N4O3/c1-19(2)16(23(26)17(24)20-14-10-6-4-7-11-14)22(18(25)21(19)3)15-12-8-5-9-13-15/h4-13,16,26H,1-3H3,(H,20,24)/t16-/m0/s1. The number of carbonyl (C=O) groups excluding carboxylic acids is 2. The summed E-state index contributed by atoms with van der Waals surface area (Å²) in [5, 5.41) is 13.9. The lowest BCUT2D eigenvalue weighted by molar-refractivity contribution is -0.0932. The predicted octanol–water partition coefficient (Wildman–Crippen LogP) is 3.59. The second kappa shape index (κ2) is 6.68. The Bertz CT molecular complexity index is 795. The monoisotopic (exact) mass is 354 g/mol. The van der Waals surface area contributed by atoms with Crippen LogP contribution < -0.4 is 10.2 Å². The van der Waals surface area contributed by atoms with Crippen molar-refractivity contribution in [3.63, 3.8) is 0 Å². The summed E-state index contributed by atoms with van der Waals surface area (Å²) in [5.74, 6) is 0. The first kappa shape index (κ1) is 17.8. The summed E-state index contributed by atoms with van der Waals surface area (Å²) in [6, 6.07) is 16.8. The van der Waals surface area contributed by atoms with Crippen molar-refractivity contribution in [1.82, 2.24) is 9.96 Å². The predicted molar refractivity (Wildman–Crippen MR) is 99.0 cm³/mol. The molecule has 0 unspecified atom stereocenters. The highest BCUT2D eigenvalue weighted by Crippen LogP contribution is 2.36. The Morgan fingerprint density at radius 1 is 1.08 bits per heavy atom. The molecule has 1 atom stereocenters. The number of urea groups is 2. The molecule has 0 radical (unpaired) electrons. The van der Waals surface area contributed by atoms with Gasteiger partial charge in [0.25, 0.3) is 0 Å². The minimum Gasteiger partial charge on any atom is -0.318 e. The van der Waals surface area contributed by atoms with Gasteiger partial charge < -0.3 is 10.2 Å². The van der Waals surface area contributed by atoms with Crippen LogP contribution in [-0.4, -0.2) is 46.0 Å². The molecule has 1 aliphatic heterocycles. The lowest BCUT2D eigenvalue weighted by Gasteiger charge is -2.37. The van der Waals surface area contributed by atoms with Crippen molar-refractivity contribution in [3.8, 4) is 0 Å². The summed E-state index contributed by atoms with van der Waals surface area (Å²) >= 11 is 0. The van der Waals surface area contributed by atoms with E-state index in [4.69, 9.17) is 0 Å². The Morgan fingerprint density at radius 3 is 2.19 bits per heavy atom. The summed E-state index contributed by atoms with van der Waals surface area (Å²) < 4.78 is 0. The molecule has 2 N–H and O–H groups in total. The number of likely N-dealkylation sites (N-methyl/N-ethyl adjacent to an activating group) is 1. The molecule has 0 aliphatic carbocycles. The van der Waals surface area contributed by atoms with Crippen LogP contribution in [0.1, 0.15) is 13.8 Å². The minimum atomic E-state index is -0.897. The van der Waals surface area contributed by atoms with E-state index in [1.54, 1.807) is 69.4 Å². The Balaban J connectivity index is 1.93. The van der Waals surface area contributed by atoms with E-state index < -0.39 is 17.7 Å². The SMILES string of the molecule is CN1C(=O)N(c2ccccc2)[C@@H](N(O)C(=O)Nc2ccccc2)C1(C)C. The average Bonchev–Trinajstić information content (AvgIpc) is 2.82. The fourth-order valence-electron chi connectivity index (χ4n) is 3.06. The van der Waals surface area contributed by atoms with Gasteiger partial charge in [0.1, 0.15) is 0 Å². The van der Waals surface area contributed by atoms with Crippen molar-refractivity contribution < 1.29 is 14.8 Å². The third kappa shape index (κ3) is 2.97. The maximum atomic E-state index is 12.8. The van der Waals surface area contributed by atoms with E-state index in [-0.39, 0.29) is 6.03 Å². The number of hydroxylamine groups is 2. The first-order valence-electron chi connectivity index (χ1n) is 8.30. The van der Waals surface area contributed by atoms with Crippen LogP contribution in [0.5, 0.6) is 0 Å². The van der Waals surface area contributed by atoms with Gasteiger partial charge in [0, 0.05) is 18.4 Å². The maximum Gasteiger partial charge on any atom is 0.347 e. The van der Waals surface area contributed by atoms with Crippen LogP contribution in [0.2, 0.25) is 0 Å². The number of anilines is 2. The van der Waals surface area contributed by atoms with Gasteiger partial charge in [-0.1, -0.05) is 36.4 Å². The fourth-order valence-corrected chi connectivity index (χ4v) is 3.06. The molecule has 4 amide bonds. The highest BCUT2D eigenvalue weighted by atomic mass is 16.5. The first-order chi connectivity index (χ1) is 12.3. The van der Waals surface area contributed by atoms with E-state index in [9.17, 15) is 14.8 Å². The van der Waals surface area contributed by atoms with E-state index >= 15 is 0 Å². The summed E-state index contributed by atoms with van der Waals surface area (Å²) in [7, 11) is 1.65. The van der Waals surface area contributed by atoms with Crippen LogP contribution in [0.3, 0.4) is 0 Å². The van der Waals surface area contributed by atoms with Crippen LogP contribution in [-0.2, 0) is 0 Å². The van der Waals surface area contributed by atoms with Gasteiger partial charge in [0.2, 0.25) is 0 Å². The van der Waals surface area contributed by atoms with Crippen molar-refractivity contribution in [3.05, 3.63) is 60.7 Å². The molecule has 136 valence electrons. The Morgan fingerprint density at radius 2 is 1.62 bits per heavy atom. The second-order valence-corrected chi connectivity index (χ2v) is 6.72. The van der Waals surface area contributed by atoms with Gasteiger partial charge in [-0.15, -0.1) is 0 Å². The van der Waals surface area contributed by atoms with Gasteiger partial charge in [0.15, 0.2) is 6.17 Å². The number of amides is 4. The Kier molecular flexibility index (Phi) is 4.56. The van der Waals surface area contributed by atoms with E-state index in [2.05, 4.69) is 5.32 Å². The van der Waals surface area contributed by atoms with Gasteiger partial charge in [-0.25, -0.2) is 9.59 Å². The van der Waals surface area contributed by atoms with Crippen molar-refractivity contribution in [2.75, 3.05) is 17.3 Å². The number of para-hydroxylation sites is 2. The smallest absolute Gasteiger partial charge is 0.318 e. The zero-order chi connectivity index (χ0) is 18.9. The summed E-state index contributed by atoms with van der Waals surface area (Å²) in [5.41, 5.74) is 0.347. The number of nitrogens with one attached hydrogen (secondary N) is 1.